The number of hydrogen-bond acceptors (Lipinski definition) is 4. The highest BCUT2D eigenvalue weighted by Crippen LogP contribution is 2.44. The Morgan fingerprint density at radius 3 is 2.41 bits per heavy atom. The first-order chi connectivity index (χ1) is 17.4. The standard InChI is InChI=1S/C27H26F5N3O2/c1-25(2,19-13-17(28)11-12-24(19)37-3)15-26(36,27(30,31)32)16-33-21-8-6-10-22-18(21)14-34-35(22)23-9-5-4-7-20(23)29/h4-14,33,36H,15-16H2,1-3H3. The van der Waals surface area contributed by atoms with E-state index in [1.54, 1.807) is 24.3 Å². The maximum atomic E-state index is 14.3. The molecule has 3 aromatic carbocycles. The first-order valence-electron chi connectivity index (χ1n) is 11.4. The third-order valence-corrected chi connectivity index (χ3v) is 6.42. The van der Waals surface area contributed by atoms with Gasteiger partial charge in [-0.15, -0.1) is 0 Å². The van der Waals surface area contributed by atoms with Crippen molar-refractivity contribution in [3.05, 3.63) is 84.1 Å². The molecule has 0 saturated heterocycles. The molecule has 1 atom stereocenters. The minimum atomic E-state index is -5.01. The fourth-order valence-electron chi connectivity index (χ4n) is 4.56. The van der Waals surface area contributed by atoms with Crippen molar-refractivity contribution in [1.29, 1.82) is 0 Å². The molecule has 196 valence electrons. The average Bonchev–Trinajstić information content (AvgIpc) is 3.26. The molecule has 5 nitrogen and oxygen atoms in total. The lowest BCUT2D eigenvalue weighted by Gasteiger charge is -2.38. The first-order valence-corrected chi connectivity index (χ1v) is 11.4. The van der Waals surface area contributed by atoms with Gasteiger partial charge in [0.15, 0.2) is 5.60 Å². The van der Waals surface area contributed by atoms with Gasteiger partial charge in [0.2, 0.25) is 0 Å². The first kappa shape index (κ1) is 26.4. The van der Waals surface area contributed by atoms with E-state index < -0.39 is 41.8 Å². The second-order valence-corrected chi connectivity index (χ2v) is 9.53. The lowest BCUT2D eigenvalue weighted by molar-refractivity contribution is -0.260. The molecule has 0 spiro atoms. The van der Waals surface area contributed by atoms with E-state index >= 15 is 0 Å². The number of fused-ring (bicyclic) bond motifs is 1. The van der Waals surface area contributed by atoms with Gasteiger partial charge in [0.1, 0.15) is 23.1 Å². The molecule has 2 N–H and O–H groups in total. The van der Waals surface area contributed by atoms with E-state index in [2.05, 4.69) is 10.4 Å². The van der Waals surface area contributed by atoms with Crippen molar-refractivity contribution >= 4 is 16.6 Å². The number of hydrogen-bond donors (Lipinski definition) is 2. The molecule has 1 aromatic heterocycles. The molecule has 0 fully saturated rings. The lowest BCUT2D eigenvalue weighted by atomic mass is 9.74. The van der Waals surface area contributed by atoms with Crippen LogP contribution in [0.2, 0.25) is 0 Å². The molecule has 37 heavy (non-hydrogen) atoms. The van der Waals surface area contributed by atoms with Gasteiger partial charge in [0.05, 0.1) is 25.4 Å². The SMILES string of the molecule is COc1ccc(F)cc1C(C)(C)CC(O)(CNc1cccc2c1cnn2-c1ccccc1F)C(F)(F)F. The van der Waals surface area contributed by atoms with Crippen LogP contribution in [0, 0.1) is 11.6 Å². The summed E-state index contributed by atoms with van der Waals surface area (Å²) in [6.45, 7) is 2.09. The summed E-state index contributed by atoms with van der Waals surface area (Å²) in [5, 5.41) is 18.3. The number of benzene rings is 3. The van der Waals surface area contributed by atoms with Crippen LogP contribution < -0.4 is 10.1 Å². The van der Waals surface area contributed by atoms with Gasteiger partial charge in [0, 0.05) is 16.6 Å². The van der Waals surface area contributed by atoms with Gasteiger partial charge in [-0.3, -0.25) is 0 Å². The molecular formula is C27H26F5N3O2. The normalized spacial score (nSPS) is 14.0. The molecule has 1 heterocycles. The van der Waals surface area contributed by atoms with Crippen LogP contribution in [0.3, 0.4) is 0 Å². The number of para-hydroxylation sites is 1. The zero-order chi connectivity index (χ0) is 27.0. The summed E-state index contributed by atoms with van der Waals surface area (Å²) in [5.41, 5.74) is -3.36. The average molecular weight is 520 g/mol. The third-order valence-electron chi connectivity index (χ3n) is 6.42. The molecule has 0 saturated carbocycles. The van der Waals surface area contributed by atoms with Crippen LogP contribution in [0.15, 0.2) is 66.9 Å². The van der Waals surface area contributed by atoms with Crippen LogP contribution in [-0.4, -0.2) is 40.3 Å². The van der Waals surface area contributed by atoms with Crippen molar-refractivity contribution in [1.82, 2.24) is 9.78 Å². The van der Waals surface area contributed by atoms with Gasteiger partial charge >= 0.3 is 6.18 Å². The smallest absolute Gasteiger partial charge is 0.418 e. The largest absolute Gasteiger partial charge is 0.496 e. The third kappa shape index (κ3) is 5.11. The molecule has 4 aromatic rings. The Morgan fingerprint density at radius 2 is 1.73 bits per heavy atom. The van der Waals surface area contributed by atoms with Gasteiger partial charge in [-0.2, -0.15) is 18.3 Å². The molecule has 4 rings (SSSR count). The van der Waals surface area contributed by atoms with Crippen LogP contribution in [0.25, 0.3) is 16.6 Å². The second-order valence-electron chi connectivity index (χ2n) is 9.53. The highest BCUT2D eigenvalue weighted by molar-refractivity contribution is 5.92. The van der Waals surface area contributed by atoms with E-state index in [4.69, 9.17) is 4.74 Å². The van der Waals surface area contributed by atoms with E-state index in [9.17, 15) is 27.1 Å². The Kier molecular flexibility index (Phi) is 6.89. The zero-order valence-electron chi connectivity index (χ0n) is 20.4. The lowest BCUT2D eigenvalue weighted by Crippen LogP contribution is -2.53. The van der Waals surface area contributed by atoms with Crippen molar-refractivity contribution in [2.45, 2.75) is 37.5 Å². The van der Waals surface area contributed by atoms with Crippen molar-refractivity contribution in [2.75, 3.05) is 19.0 Å². The van der Waals surface area contributed by atoms with Gasteiger partial charge < -0.3 is 15.2 Å². The van der Waals surface area contributed by atoms with Gasteiger partial charge in [0.25, 0.3) is 0 Å². The van der Waals surface area contributed by atoms with Crippen LogP contribution in [0.5, 0.6) is 5.75 Å². The van der Waals surface area contributed by atoms with E-state index in [-0.39, 0.29) is 22.7 Å². The number of nitrogens with one attached hydrogen (secondary N) is 1. The highest BCUT2D eigenvalue weighted by Gasteiger charge is 2.56. The zero-order valence-corrected chi connectivity index (χ0v) is 20.4. The van der Waals surface area contributed by atoms with Crippen molar-refractivity contribution in [3.63, 3.8) is 0 Å². The Morgan fingerprint density at radius 1 is 1.00 bits per heavy atom. The molecular weight excluding hydrogens is 493 g/mol. The molecule has 1 unspecified atom stereocenters. The molecule has 0 aliphatic carbocycles. The van der Waals surface area contributed by atoms with E-state index in [1.807, 2.05) is 0 Å². The topological polar surface area (TPSA) is 59.3 Å². The summed E-state index contributed by atoms with van der Waals surface area (Å²) in [7, 11) is 1.34. The molecule has 0 amide bonds. The van der Waals surface area contributed by atoms with Gasteiger partial charge in [-0.25, -0.2) is 13.5 Å². The fourth-order valence-corrected chi connectivity index (χ4v) is 4.56. The van der Waals surface area contributed by atoms with E-state index in [0.29, 0.717) is 10.9 Å². The monoisotopic (exact) mass is 519 g/mol. The molecule has 0 bridgehead atoms. The predicted octanol–water partition coefficient (Wildman–Crippen LogP) is 6.39. The summed E-state index contributed by atoms with van der Waals surface area (Å²) in [4.78, 5) is 0. The van der Waals surface area contributed by atoms with Crippen LogP contribution in [0.1, 0.15) is 25.8 Å². The Balaban J connectivity index is 1.66. The maximum absolute atomic E-state index is 14.3. The van der Waals surface area contributed by atoms with Gasteiger partial charge in [-0.1, -0.05) is 32.0 Å². The molecule has 0 radical (unpaired) electrons. The Hall–Kier alpha value is -3.66. The summed E-state index contributed by atoms with van der Waals surface area (Å²) in [5.74, 6) is -0.919. The number of aliphatic hydroxyl groups is 1. The number of aromatic nitrogens is 2. The number of anilines is 1. The quantitative estimate of drug-likeness (QED) is 0.265. The predicted molar refractivity (Wildman–Crippen MR) is 131 cm³/mol. The van der Waals surface area contributed by atoms with Crippen LogP contribution >= 0.6 is 0 Å². The number of nitrogens with zero attached hydrogens (tertiary/aromatic N) is 2. The molecule has 0 aliphatic heterocycles. The van der Waals surface area contributed by atoms with E-state index in [0.717, 1.165) is 12.1 Å². The maximum Gasteiger partial charge on any atom is 0.418 e. The number of halogens is 5. The number of methoxy groups -OCH3 is 1. The Bertz CT molecular complexity index is 1420. The number of ether oxygens (including phenoxy) is 1. The van der Waals surface area contributed by atoms with Crippen molar-refractivity contribution in [2.24, 2.45) is 0 Å². The van der Waals surface area contributed by atoms with Crippen molar-refractivity contribution < 1.29 is 31.8 Å². The van der Waals surface area contributed by atoms with Crippen LogP contribution in [0.4, 0.5) is 27.6 Å². The molecule has 10 heteroatoms. The minimum absolute atomic E-state index is 0.187. The number of rotatable bonds is 8. The highest BCUT2D eigenvalue weighted by atomic mass is 19.4. The summed E-state index contributed by atoms with van der Waals surface area (Å²) in [6.07, 6.45) is -4.37. The second kappa shape index (κ2) is 9.66. The van der Waals surface area contributed by atoms with Gasteiger partial charge in [-0.05, 0) is 54.3 Å². The summed E-state index contributed by atoms with van der Waals surface area (Å²) in [6, 6.07) is 14.4. The van der Waals surface area contributed by atoms with Crippen molar-refractivity contribution in [3.8, 4) is 11.4 Å². The summed E-state index contributed by atoms with van der Waals surface area (Å²) >= 11 is 0. The molecule has 0 aliphatic rings. The van der Waals surface area contributed by atoms with Crippen LogP contribution in [-0.2, 0) is 5.41 Å². The summed E-state index contributed by atoms with van der Waals surface area (Å²) < 4.78 is 77.6. The fraction of sp³-hybridized carbons (Fsp3) is 0.296. The number of alkyl halides is 3. The van der Waals surface area contributed by atoms with E-state index in [1.165, 1.54) is 56.1 Å². The minimum Gasteiger partial charge on any atom is -0.496 e. The Labute approximate surface area is 210 Å².